The zero-order valence-corrected chi connectivity index (χ0v) is 16.9. The highest BCUT2D eigenvalue weighted by molar-refractivity contribution is 6.16. The fraction of sp³-hybridized carbons (Fsp3) is 0.174. The van der Waals surface area contributed by atoms with E-state index in [-0.39, 0.29) is 29.8 Å². The lowest BCUT2D eigenvalue weighted by molar-refractivity contribution is 0.0520. The number of phenolic OH excluding ortho intramolecular Hbond substituents is 1. The maximum absolute atomic E-state index is 13.1. The van der Waals surface area contributed by atoms with Crippen molar-refractivity contribution in [3.8, 4) is 11.6 Å². The van der Waals surface area contributed by atoms with Crippen molar-refractivity contribution in [3.05, 3.63) is 77.5 Å². The van der Waals surface area contributed by atoms with Crippen molar-refractivity contribution in [3.63, 3.8) is 0 Å². The van der Waals surface area contributed by atoms with Crippen LogP contribution in [0.25, 0.3) is 0 Å². The summed E-state index contributed by atoms with van der Waals surface area (Å²) in [6, 6.07) is 16.2. The molecule has 0 spiro atoms. The number of phenols is 1. The number of amides is 2. The summed E-state index contributed by atoms with van der Waals surface area (Å²) in [5.74, 6) is -0.645. The summed E-state index contributed by atoms with van der Waals surface area (Å²) in [4.78, 5) is 31.5. The maximum Gasteiger partial charge on any atom is 0.274 e. The number of anilines is 2. The van der Waals surface area contributed by atoms with Crippen LogP contribution in [0.2, 0.25) is 0 Å². The Labute approximate surface area is 183 Å². The van der Waals surface area contributed by atoms with Gasteiger partial charge in [0.05, 0.1) is 24.4 Å². The molecule has 0 fully saturated rings. The number of fused-ring (bicyclic) bond motifs is 1. The molecular weight excluding hydrogens is 414 g/mol. The van der Waals surface area contributed by atoms with E-state index < -0.39 is 18.6 Å². The number of nitrogens with zero attached hydrogens (tertiary/aromatic N) is 2. The van der Waals surface area contributed by atoms with Crippen molar-refractivity contribution >= 4 is 23.2 Å². The number of carbonyl (C=O) groups is 2. The molecule has 3 aromatic rings. The number of nitrogens with one attached hydrogen (secondary N) is 1. The molecule has 1 aromatic heterocycles. The Bertz CT molecular complexity index is 1170. The van der Waals surface area contributed by atoms with Gasteiger partial charge in [0, 0.05) is 17.8 Å². The van der Waals surface area contributed by atoms with E-state index in [4.69, 9.17) is 9.84 Å². The molecule has 1 unspecified atom stereocenters. The third-order valence-electron chi connectivity index (χ3n) is 4.92. The predicted octanol–water partition coefficient (Wildman–Crippen LogP) is 1.93. The van der Waals surface area contributed by atoms with Gasteiger partial charge in [-0.1, -0.05) is 24.3 Å². The smallest absolute Gasteiger partial charge is 0.274 e. The normalized spacial score (nSPS) is 13.6. The minimum atomic E-state index is -1.05. The molecule has 1 aliphatic rings. The number of aliphatic hydroxyl groups is 2. The van der Waals surface area contributed by atoms with Gasteiger partial charge in [-0.15, -0.1) is 0 Å². The second-order valence-electron chi connectivity index (χ2n) is 7.21. The molecule has 9 nitrogen and oxygen atoms in total. The summed E-state index contributed by atoms with van der Waals surface area (Å²) in [5.41, 5.74) is 2.10. The van der Waals surface area contributed by atoms with Crippen molar-refractivity contribution in [2.45, 2.75) is 12.6 Å². The third-order valence-corrected chi connectivity index (χ3v) is 4.92. The molecule has 0 aliphatic carbocycles. The Hall–Kier alpha value is -3.95. The first-order valence-corrected chi connectivity index (χ1v) is 9.89. The van der Waals surface area contributed by atoms with Crippen LogP contribution in [-0.2, 0) is 6.54 Å². The average Bonchev–Trinajstić information content (AvgIpc) is 3.15. The van der Waals surface area contributed by atoms with E-state index in [0.29, 0.717) is 23.5 Å². The van der Waals surface area contributed by atoms with Crippen LogP contribution in [0, 0.1) is 0 Å². The van der Waals surface area contributed by atoms with Gasteiger partial charge in [0.15, 0.2) is 0 Å². The van der Waals surface area contributed by atoms with Gasteiger partial charge >= 0.3 is 0 Å². The predicted molar refractivity (Wildman–Crippen MR) is 116 cm³/mol. The first-order chi connectivity index (χ1) is 15.5. The second kappa shape index (κ2) is 9.04. The number of aromatic hydroxyl groups is 1. The molecular formula is C23H21N3O6. The van der Waals surface area contributed by atoms with E-state index in [1.54, 1.807) is 30.3 Å². The largest absolute Gasteiger partial charge is 0.508 e. The summed E-state index contributed by atoms with van der Waals surface area (Å²) in [5, 5.41) is 30.7. The molecule has 0 bridgehead atoms. The molecule has 32 heavy (non-hydrogen) atoms. The molecule has 4 N–H and O–H groups in total. The van der Waals surface area contributed by atoms with Gasteiger partial charge in [-0.2, -0.15) is 0 Å². The number of pyridine rings is 1. The Morgan fingerprint density at radius 2 is 1.94 bits per heavy atom. The molecule has 2 aromatic carbocycles. The highest BCUT2D eigenvalue weighted by Gasteiger charge is 2.31. The molecule has 4 rings (SSSR count). The highest BCUT2D eigenvalue weighted by atomic mass is 16.5. The number of ether oxygens (including phenoxy) is 1. The molecule has 0 saturated heterocycles. The SMILES string of the molecule is O=C(Nc1cccc2c1C(=O)N(c1cccc(O)c1)C2)c1cccc(OCC(O)CO)n1. The van der Waals surface area contributed by atoms with Gasteiger partial charge in [0.1, 0.15) is 24.2 Å². The fourth-order valence-corrected chi connectivity index (χ4v) is 3.38. The first kappa shape index (κ1) is 21.3. The molecule has 1 aliphatic heterocycles. The van der Waals surface area contributed by atoms with Crippen molar-refractivity contribution < 1.29 is 29.6 Å². The van der Waals surface area contributed by atoms with Gasteiger partial charge < -0.3 is 30.3 Å². The number of rotatable bonds is 7. The van der Waals surface area contributed by atoms with Gasteiger partial charge in [-0.3, -0.25) is 9.59 Å². The van der Waals surface area contributed by atoms with E-state index >= 15 is 0 Å². The summed E-state index contributed by atoms with van der Waals surface area (Å²) in [6.45, 7) is -0.302. The zero-order valence-electron chi connectivity index (χ0n) is 16.9. The van der Waals surface area contributed by atoms with Crippen molar-refractivity contribution in [1.29, 1.82) is 0 Å². The van der Waals surface area contributed by atoms with Crippen LogP contribution < -0.4 is 15.0 Å². The van der Waals surface area contributed by atoms with Gasteiger partial charge in [0.2, 0.25) is 5.88 Å². The van der Waals surface area contributed by atoms with Crippen LogP contribution >= 0.6 is 0 Å². The molecule has 9 heteroatoms. The number of hydrogen-bond donors (Lipinski definition) is 4. The van der Waals surface area contributed by atoms with Crippen LogP contribution in [0.4, 0.5) is 11.4 Å². The van der Waals surface area contributed by atoms with Crippen molar-refractivity contribution in [1.82, 2.24) is 4.98 Å². The Kier molecular flexibility index (Phi) is 6.02. The molecule has 1 atom stereocenters. The molecule has 0 radical (unpaired) electrons. The van der Waals surface area contributed by atoms with Crippen LogP contribution in [0.15, 0.2) is 60.7 Å². The van der Waals surface area contributed by atoms with Crippen LogP contribution in [0.1, 0.15) is 26.4 Å². The fourth-order valence-electron chi connectivity index (χ4n) is 3.38. The van der Waals surface area contributed by atoms with E-state index in [1.165, 1.54) is 29.2 Å². The quantitative estimate of drug-likeness (QED) is 0.446. The number of carbonyl (C=O) groups excluding carboxylic acids is 2. The number of hydrogen-bond acceptors (Lipinski definition) is 7. The average molecular weight is 435 g/mol. The topological polar surface area (TPSA) is 132 Å². The summed E-state index contributed by atoms with van der Waals surface area (Å²) in [6.07, 6.45) is -1.05. The summed E-state index contributed by atoms with van der Waals surface area (Å²) in [7, 11) is 0. The van der Waals surface area contributed by atoms with Gasteiger partial charge in [-0.25, -0.2) is 4.98 Å². The molecule has 2 amide bonds. The van der Waals surface area contributed by atoms with Crippen LogP contribution in [0.5, 0.6) is 11.6 Å². The maximum atomic E-state index is 13.1. The molecule has 2 heterocycles. The minimum absolute atomic E-state index is 0.0551. The Morgan fingerprint density at radius 3 is 2.72 bits per heavy atom. The molecule has 0 saturated carbocycles. The summed E-state index contributed by atoms with van der Waals surface area (Å²) >= 11 is 0. The van der Waals surface area contributed by atoms with Crippen LogP contribution in [-0.4, -0.2) is 51.4 Å². The second-order valence-corrected chi connectivity index (χ2v) is 7.21. The van der Waals surface area contributed by atoms with E-state index in [1.807, 2.05) is 6.07 Å². The van der Waals surface area contributed by atoms with Gasteiger partial charge in [0.25, 0.3) is 11.8 Å². The van der Waals surface area contributed by atoms with E-state index in [0.717, 1.165) is 5.56 Å². The van der Waals surface area contributed by atoms with Crippen molar-refractivity contribution in [2.24, 2.45) is 0 Å². The number of aromatic nitrogens is 1. The van der Waals surface area contributed by atoms with E-state index in [9.17, 15) is 19.8 Å². The lowest BCUT2D eigenvalue weighted by atomic mass is 10.1. The number of benzene rings is 2. The summed E-state index contributed by atoms with van der Waals surface area (Å²) < 4.78 is 5.28. The monoisotopic (exact) mass is 435 g/mol. The zero-order chi connectivity index (χ0) is 22.7. The van der Waals surface area contributed by atoms with Crippen molar-refractivity contribution in [2.75, 3.05) is 23.4 Å². The lowest BCUT2D eigenvalue weighted by Gasteiger charge is -2.16. The van der Waals surface area contributed by atoms with E-state index in [2.05, 4.69) is 10.3 Å². The standard InChI is InChI=1S/C23H21N3O6/c27-12-17(29)13-32-20-9-3-8-19(24-20)22(30)25-18-7-1-4-14-11-26(23(31)21(14)18)15-5-2-6-16(28)10-15/h1-10,17,27-29H,11-13H2,(H,25,30). The third kappa shape index (κ3) is 4.39. The Balaban J connectivity index is 1.53. The minimum Gasteiger partial charge on any atom is -0.508 e. The number of aliphatic hydroxyl groups excluding tert-OH is 2. The first-order valence-electron chi connectivity index (χ1n) is 9.89. The lowest BCUT2D eigenvalue weighted by Crippen LogP contribution is -2.24. The van der Waals surface area contributed by atoms with Gasteiger partial charge in [-0.05, 0) is 29.8 Å². The molecule has 164 valence electrons. The van der Waals surface area contributed by atoms with Crippen LogP contribution in [0.3, 0.4) is 0 Å². The Morgan fingerprint density at radius 1 is 1.16 bits per heavy atom. The highest BCUT2D eigenvalue weighted by Crippen LogP contribution is 2.34.